The summed E-state index contributed by atoms with van der Waals surface area (Å²) in [4.78, 5) is 16.2. The third-order valence-electron chi connectivity index (χ3n) is 4.60. The Labute approximate surface area is 166 Å². The molecule has 1 aromatic heterocycles. The van der Waals surface area contributed by atoms with Gasteiger partial charge in [-0.05, 0) is 35.1 Å². The molecular weight excluding hydrogens is 350 g/mol. The van der Waals surface area contributed by atoms with E-state index in [2.05, 4.69) is 25.9 Å². The molecule has 0 saturated heterocycles. The van der Waals surface area contributed by atoms with Crippen LogP contribution >= 0.6 is 0 Å². The molecule has 0 saturated carbocycles. The van der Waals surface area contributed by atoms with Gasteiger partial charge in [0.2, 0.25) is 0 Å². The Morgan fingerprint density at radius 2 is 1.82 bits per heavy atom. The highest BCUT2D eigenvalue weighted by Crippen LogP contribution is 2.24. The van der Waals surface area contributed by atoms with Crippen molar-refractivity contribution in [2.75, 3.05) is 0 Å². The molecule has 28 heavy (non-hydrogen) atoms. The number of carboxylic acids is 1. The van der Waals surface area contributed by atoms with E-state index in [4.69, 9.17) is 4.98 Å². The van der Waals surface area contributed by atoms with E-state index in [0.717, 1.165) is 47.7 Å². The Kier molecular flexibility index (Phi) is 6.24. The minimum Gasteiger partial charge on any atom is -0.478 e. The third-order valence-corrected chi connectivity index (χ3v) is 4.60. The molecule has 0 radical (unpaired) electrons. The van der Waals surface area contributed by atoms with Gasteiger partial charge in [-0.25, -0.2) is 14.5 Å². The largest absolute Gasteiger partial charge is 0.478 e. The summed E-state index contributed by atoms with van der Waals surface area (Å²) in [6.45, 7) is 7.36. The molecule has 0 aliphatic carbocycles. The summed E-state index contributed by atoms with van der Waals surface area (Å²) in [6.07, 6.45) is 2.61. The summed E-state index contributed by atoms with van der Waals surface area (Å²) in [7, 11) is 0. The van der Waals surface area contributed by atoms with Crippen molar-refractivity contribution in [2.45, 2.75) is 46.6 Å². The zero-order chi connectivity index (χ0) is 20.1. The number of carboxylic acid groups (broad SMARTS) is 1. The summed E-state index contributed by atoms with van der Waals surface area (Å²) in [6, 6.07) is 15.1. The van der Waals surface area contributed by atoms with Crippen LogP contribution < -0.4 is 0 Å². The third kappa shape index (κ3) is 4.66. The fourth-order valence-electron chi connectivity index (χ4n) is 3.31. The van der Waals surface area contributed by atoms with Gasteiger partial charge in [0, 0.05) is 19.4 Å². The molecule has 5 heteroatoms. The summed E-state index contributed by atoms with van der Waals surface area (Å²) in [5, 5.41) is 14.1. The molecule has 146 valence electrons. The second-order valence-corrected chi connectivity index (χ2v) is 7.49. The summed E-state index contributed by atoms with van der Waals surface area (Å²) < 4.78 is 2.02. The van der Waals surface area contributed by atoms with Crippen LogP contribution in [0.4, 0.5) is 0 Å². The summed E-state index contributed by atoms with van der Waals surface area (Å²) in [5.41, 5.74) is 3.08. The van der Waals surface area contributed by atoms with Crippen LogP contribution in [-0.4, -0.2) is 25.8 Å². The van der Waals surface area contributed by atoms with E-state index in [9.17, 15) is 9.90 Å². The van der Waals surface area contributed by atoms with E-state index in [1.165, 1.54) is 0 Å². The standard InChI is InChI=1S/C23H27N3O2/c1-4-13-26-22(24-21(25-26)14-16(2)3)15-17-9-11-18(12-10-17)19-7-5-6-8-20(19)23(27)28/h5-12,16H,4,13-15H2,1-3H3,(H,27,28). The zero-order valence-electron chi connectivity index (χ0n) is 16.7. The van der Waals surface area contributed by atoms with Crippen molar-refractivity contribution in [1.82, 2.24) is 14.8 Å². The van der Waals surface area contributed by atoms with Crippen LogP contribution in [0.2, 0.25) is 0 Å². The maximum absolute atomic E-state index is 11.5. The predicted octanol–water partition coefficient (Wildman–Crippen LogP) is 4.84. The van der Waals surface area contributed by atoms with E-state index in [1.54, 1.807) is 12.1 Å². The van der Waals surface area contributed by atoms with Crippen LogP contribution in [0.1, 0.15) is 54.8 Å². The Hall–Kier alpha value is -2.95. The minimum absolute atomic E-state index is 0.316. The van der Waals surface area contributed by atoms with Crippen molar-refractivity contribution in [2.24, 2.45) is 5.92 Å². The Morgan fingerprint density at radius 3 is 2.46 bits per heavy atom. The molecule has 0 amide bonds. The summed E-state index contributed by atoms with van der Waals surface area (Å²) in [5.74, 6) is 1.51. The minimum atomic E-state index is -0.912. The summed E-state index contributed by atoms with van der Waals surface area (Å²) >= 11 is 0. The van der Waals surface area contributed by atoms with E-state index in [0.29, 0.717) is 17.9 Å². The lowest BCUT2D eigenvalue weighted by Crippen LogP contribution is -2.06. The predicted molar refractivity (Wildman–Crippen MR) is 110 cm³/mol. The normalized spacial score (nSPS) is 11.1. The van der Waals surface area contributed by atoms with E-state index in [-0.39, 0.29) is 0 Å². The highest BCUT2D eigenvalue weighted by atomic mass is 16.4. The molecule has 0 bridgehead atoms. The zero-order valence-corrected chi connectivity index (χ0v) is 16.7. The fourth-order valence-corrected chi connectivity index (χ4v) is 3.31. The monoisotopic (exact) mass is 377 g/mol. The van der Waals surface area contributed by atoms with Gasteiger partial charge in [0.15, 0.2) is 5.82 Å². The van der Waals surface area contributed by atoms with Gasteiger partial charge < -0.3 is 5.11 Å². The number of aromatic nitrogens is 3. The molecule has 1 heterocycles. The highest BCUT2D eigenvalue weighted by molar-refractivity contribution is 5.95. The van der Waals surface area contributed by atoms with Gasteiger partial charge in [0.1, 0.15) is 5.82 Å². The van der Waals surface area contributed by atoms with E-state index < -0.39 is 5.97 Å². The second kappa shape index (κ2) is 8.83. The smallest absolute Gasteiger partial charge is 0.336 e. The molecule has 2 aromatic carbocycles. The molecule has 0 aliphatic heterocycles. The molecular formula is C23H27N3O2. The van der Waals surface area contributed by atoms with Crippen LogP contribution in [0.25, 0.3) is 11.1 Å². The number of benzene rings is 2. The molecule has 3 rings (SSSR count). The quantitative estimate of drug-likeness (QED) is 0.610. The van der Waals surface area contributed by atoms with Gasteiger partial charge >= 0.3 is 5.97 Å². The lowest BCUT2D eigenvalue weighted by Gasteiger charge is -2.08. The van der Waals surface area contributed by atoms with Gasteiger partial charge in [0.05, 0.1) is 5.56 Å². The van der Waals surface area contributed by atoms with Gasteiger partial charge in [0.25, 0.3) is 0 Å². The number of nitrogens with zero attached hydrogens (tertiary/aromatic N) is 3. The molecule has 0 spiro atoms. The number of aromatic carboxylic acids is 1. The molecule has 0 unspecified atom stereocenters. The van der Waals surface area contributed by atoms with Crippen molar-refractivity contribution in [3.8, 4) is 11.1 Å². The van der Waals surface area contributed by atoms with Crippen molar-refractivity contribution < 1.29 is 9.90 Å². The molecule has 3 aromatic rings. The van der Waals surface area contributed by atoms with Crippen molar-refractivity contribution >= 4 is 5.97 Å². The van der Waals surface area contributed by atoms with Gasteiger partial charge in [-0.15, -0.1) is 0 Å². The van der Waals surface area contributed by atoms with Crippen LogP contribution in [0.5, 0.6) is 0 Å². The SMILES string of the molecule is CCCn1nc(CC(C)C)nc1Cc1ccc(-c2ccccc2C(=O)O)cc1. The van der Waals surface area contributed by atoms with Gasteiger partial charge in [-0.3, -0.25) is 0 Å². The maximum Gasteiger partial charge on any atom is 0.336 e. The number of hydrogen-bond donors (Lipinski definition) is 1. The first kappa shape index (κ1) is 19.8. The molecule has 1 N–H and O–H groups in total. The average Bonchev–Trinajstić information content (AvgIpc) is 3.03. The van der Waals surface area contributed by atoms with Crippen LogP contribution in [0, 0.1) is 5.92 Å². The number of rotatable bonds is 8. The van der Waals surface area contributed by atoms with Crippen LogP contribution in [0.15, 0.2) is 48.5 Å². The van der Waals surface area contributed by atoms with Gasteiger partial charge in [-0.2, -0.15) is 5.10 Å². The van der Waals surface area contributed by atoms with Crippen LogP contribution in [-0.2, 0) is 19.4 Å². The van der Waals surface area contributed by atoms with Gasteiger partial charge in [-0.1, -0.05) is 63.2 Å². The van der Waals surface area contributed by atoms with E-state index in [1.807, 2.05) is 41.1 Å². The topological polar surface area (TPSA) is 68.0 Å². The Morgan fingerprint density at radius 1 is 1.11 bits per heavy atom. The molecule has 0 fully saturated rings. The maximum atomic E-state index is 11.5. The number of carbonyl (C=O) groups is 1. The number of aryl methyl sites for hydroxylation is 1. The first-order chi connectivity index (χ1) is 13.5. The fraction of sp³-hybridized carbons (Fsp3) is 0.348. The van der Waals surface area contributed by atoms with Crippen molar-refractivity contribution in [3.63, 3.8) is 0 Å². The molecule has 5 nitrogen and oxygen atoms in total. The second-order valence-electron chi connectivity index (χ2n) is 7.49. The number of hydrogen-bond acceptors (Lipinski definition) is 3. The molecule has 0 aliphatic rings. The Bertz CT molecular complexity index is 943. The molecule has 0 atom stereocenters. The van der Waals surface area contributed by atoms with E-state index >= 15 is 0 Å². The first-order valence-corrected chi connectivity index (χ1v) is 9.82. The lowest BCUT2D eigenvalue weighted by molar-refractivity contribution is 0.0697. The van der Waals surface area contributed by atoms with Crippen molar-refractivity contribution in [3.05, 3.63) is 71.3 Å². The lowest BCUT2D eigenvalue weighted by atomic mass is 9.98. The highest BCUT2D eigenvalue weighted by Gasteiger charge is 2.13. The van der Waals surface area contributed by atoms with Crippen molar-refractivity contribution in [1.29, 1.82) is 0 Å². The average molecular weight is 377 g/mol. The van der Waals surface area contributed by atoms with Crippen LogP contribution in [0.3, 0.4) is 0 Å². The first-order valence-electron chi connectivity index (χ1n) is 9.82. The Balaban J connectivity index is 1.83.